The number of rotatable bonds is 4. The molecule has 0 heterocycles. The molecular formula is C10H12O3S. The van der Waals surface area contributed by atoms with Crippen molar-refractivity contribution in [3.63, 3.8) is 0 Å². The van der Waals surface area contributed by atoms with Crippen molar-refractivity contribution in [2.45, 2.75) is 5.75 Å². The molecule has 1 rings (SSSR count). The summed E-state index contributed by atoms with van der Waals surface area (Å²) in [5.74, 6) is -0.0963. The van der Waals surface area contributed by atoms with Crippen molar-refractivity contribution < 1.29 is 12.6 Å². The molecule has 0 saturated carbocycles. The highest BCUT2D eigenvalue weighted by Gasteiger charge is 2.09. The highest BCUT2D eigenvalue weighted by Crippen LogP contribution is 2.09. The smallest absolute Gasteiger partial charge is 0.271 e. The van der Waals surface area contributed by atoms with Crippen molar-refractivity contribution in [2.75, 3.05) is 7.11 Å². The van der Waals surface area contributed by atoms with E-state index in [1.807, 2.05) is 12.1 Å². The molecule has 1 aromatic carbocycles. The minimum Gasteiger partial charge on any atom is -0.273 e. The van der Waals surface area contributed by atoms with E-state index in [4.69, 9.17) is 0 Å². The molecule has 0 atom stereocenters. The van der Waals surface area contributed by atoms with Crippen molar-refractivity contribution >= 4 is 16.2 Å². The molecule has 0 amide bonds. The number of hydrogen-bond donors (Lipinski definition) is 0. The van der Waals surface area contributed by atoms with Crippen LogP contribution in [0, 0.1) is 0 Å². The maximum absolute atomic E-state index is 11.1. The number of hydrogen-bond acceptors (Lipinski definition) is 3. The molecule has 0 unspecified atom stereocenters. The van der Waals surface area contributed by atoms with Gasteiger partial charge in [0.1, 0.15) is 5.75 Å². The van der Waals surface area contributed by atoms with Crippen LogP contribution >= 0.6 is 0 Å². The van der Waals surface area contributed by atoms with Crippen LogP contribution in [-0.4, -0.2) is 15.5 Å². The Balaban J connectivity index is 2.84. The van der Waals surface area contributed by atoms with Crippen molar-refractivity contribution in [1.82, 2.24) is 0 Å². The maximum atomic E-state index is 11.1. The van der Waals surface area contributed by atoms with E-state index < -0.39 is 10.1 Å². The minimum absolute atomic E-state index is 0.0963. The monoisotopic (exact) mass is 212 g/mol. The van der Waals surface area contributed by atoms with Gasteiger partial charge in [0, 0.05) is 0 Å². The molecule has 0 bridgehead atoms. The first kappa shape index (κ1) is 10.9. The molecule has 0 aliphatic rings. The second-order valence-electron chi connectivity index (χ2n) is 2.81. The molecular weight excluding hydrogens is 200 g/mol. The van der Waals surface area contributed by atoms with E-state index in [2.05, 4.69) is 10.8 Å². The molecule has 14 heavy (non-hydrogen) atoms. The zero-order valence-corrected chi connectivity index (χ0v) is 8.75. The summed E-state index contributed by atoms with van der Waals surface area (Å²) in [4.78, 5) is 0. The zero-order valence-electron chi connectivity index (χ0n) is 7.93. The third-order valence-corrected chi connectivity index (χ3v) is 3.01. The molecule has 0 aromatic heterocycles. The lowest BCUT2D eigenvalue weighted by molar-refractivity contribution is 0.397. The van der Waals surface area contributed by atoms with Gasteiger partial charge in [-0.2, -0.15) is 8.42 Å². The molecule has 0 N–H and O–H groups in total. The van der Waals surface area contributed by atoms with Gasteiger partial charge >= 0.3 is 0 Å². The molecule has 4 heteroatoms. The van der Waals surface area contributed by atoms with Gasteiger partial charge in [0.05, 0.1) is 7.11 Å². The summed E-state index contributed by atoms with van der Waals surface area (Å²) in [6.45, 7) is 3.61. The van der Waals surface area contributed by atoms with Crippen LogP contribution in [0.4, 0.5) is 0 Å². The van der Waals surface area contributed by atoms with Crippen molar-refractivity contribution in [3.8, 4) is 0 Å². The van der Waals surface area contributed by atoms with E-state index >= 15 is 0 Å². The quantitative estimate of drug-likeness (QED) is 0.715. The molecule has 1 aromatic rings. The summed E-state index contributed by atoms with van der Waals surface area (Å²) in [6, 6.07) is 7.11. The second kappa shape index (κ2) is 4.39. The van der Waals surface area contributed by atoms with Gasteiger partial charge in [-0.15, -0.1) is 0 Å². The Bertz CT molecular complexity index is 403. The molecule has 0 fully saturated rings. The summed E-state index contributed by atoms with van der Waals surface area (Å²) < 4.78 is 26.5. The van der Waals surface area contributed by atoms with Crippen molar-refractivity contribution in [3.05, 3.63) is 42.0 Å². The van der Waals surface area contributed by atoms with Crippen LogP contribution < -0.4 is 0 Å². The Morgan fingerprint density at radius 1 is 1.36 bits per heavy atom. The summed E-state index contributed by atoms with van der Waals surface area (Å²) >= 11 is 0. The van der Waals surface area contributed by atoms with E-state index in [1.165, 1.54) is 0 Å². The first-order valence-corrected chi connectivity index (χ1v) is 5.65. The third kappa shape index (κ3) is 2.97. The van der Waals surface area contributed by atoms with Gasteiger partial charge in [0.25, 0.3) is 10.1 Å². The van der Waals surface area contributed by atoms with Gasteiger partial charge in [0.2, 0.25) is 0 Å². The van der Waals surface area contributed by atoms with Gasteiger partial charge in [-0.3, -0.25) is 4.18 Å². The van der Waals surface area contributed by atoms with Crippen molar-refractivity contribution in [1.29, 1.82) is 0 Å². The lowest BCUT2D eigenvalue weighted by Crippen LogP contribution is -2.05. The normalized spacial score (nSPS) is 11.2. The average molecular weight is 212 g/mol. The largest absolute Gasteiger partial charge is 0.273 e. The fraction of sp³-hybridized carbons (Fsp3) is 0.200. The molecule has 0 radical (unpaired) electrons. The predicted molar refractivity (Wildman–Crippen MR) is 56.2 cm³/mol. The van der Waals surface area contributed by atoms with Crippen LogP contribution in [0.25, 0.3) is 6.08 Å². The van der Waals surface area contributed by atoms with E-state index in [1.54, 1.807) is 18.2 Å². The van der Waals surface area contributed by atoms with E-state index in [0.29, 0.717) is 5.56 Å². The Hall–Kier alpha value is -1.13. The minimum atomic E-state index is -3.42. The van der Waals surface area contributed by atoms with Gasteiger partial charge < -0.3 is 0 Å². The summed E-state index contributed by atoms with van der Waals surface area (Å²) in [6.07, 6.45) is 1.70. The molecule has 3 nitrogen and oxygen atoms in total. The molecule has 0 aliphatic carbocycles. The van der Waals surface area contributed by atoms with E-state index in [9.17, 15) is 8.42 Å². The van der Waals surface area contributed by atoms with Gasteiger partial charge in [-0.25, -0.2) is 0 Å². The van der Waals surface area contributed by atoms with Crippen LogP contribution in [0.3, 0.4) is 0 Å². The highest BCUT2D eigenvalue weighted by molar-refractivity contribution is 7.85. The van der Waals surface area contributed by atoms with Crippen molar-refractivity contribution in [2.24, 2.45) is 0 Å². The van der Waals surface area contributed by atoms with Crippen LogP contribution in [0.5, 0.6) is 0 Å². The Kier molecular flexibility index (Phi) is 3.43. The second-order valence-corrected chi connectivity index (χ2v) is 4.55. The van der Waals surface area contributed by atoms with Crippen LogP contribution in [-0.2, 0) is 20.1 Å². The SMILES string of the molecule is C=Cc1ccc(CS(=O)(=O)OC)cc1. The Morgan fingerprint density at radius 3 is 2.36 bits per heavy atom. The molecule has 0 aliphatic heterocycles. The van der Waals surface area contributed by atoms with E-state index in [-0.39, 0.29) is 5.75 Å². The fourth-order valence-corrected chi connectivity index (χ4v) is 1.73. The first-order valence-electron chi connectivity index (χ1n) is 4.07. The predicted octanol–water partition coefficient (Wildman–Crippen LogP) is 1.81. The zero-order chi connectivity index (χ0) is 10.6. The Morgan fingerprint density at radius 2 is 1.93 bits per heavy atom. The summed E-state index contributed by atoms with van der Waals surface area (Å²) in [5.41, 5.74) is 1.67. The van der Waals surface area contributed by atoms with Gasteiger partial charge in [-0.1, -0.05) is 36.9 Å². The number of benzene rings is 1. The topological polar surface area (TPSA) is 43.4 Å². The maximum Gasteiger partial charge on any atom is 0.271 e. The first-order chi connectivity index (χ1) is 6.57. The van der Waals surface area contributed by atoms with Crippen LogP contribution in [0.1, 0.15) is 11.1 Å². The van der Waals surface area contributed by atoms with Gasteiger partial charge in [-0.05, 0) is 11.1 Å². The lowest BCUT2D eigenvalue weighted by atomic mass is 10.1. The summed E-state index contributed by atoms with van der Waals surface area (Å²) in [7, 11) is -2.26. The average Bonchev–Trinajstić information content (AvgIpc) is 2.19. The fourth-order valence-electron chi connectivity index (χ4n) is 1.01. The highest BCUT2D eigenvalue weighted by atomic mass is 32.2. The standard InChI is InChI=1S/C10H12O3S/c1-3-9-4-6-10(7-5-9)8-14(11,12)13-2/h3-7H,1,8H2,2H3. The van der Waals surface area contributed by atoms with Crippen LogP contribution in [0.15, 0.2) is 30.8 Å². The lowest BCUT2D eigenvalue weighted by Gasteiger charge is -2.01. The third-order valence-electron chi connectivity index (χ3n) is 1.81. The molecule has 76 valence electrons. The van der Waals surface area contributed by atoms with E-state index in [0.717, 1.165) is 12.7 Å². The molecule has 0 spiro atoms. The van der Waals surface area contributed by atoms with Gasteiger partial charge in [0.15, 0.2) is 0 Å². The Labute approximate surface area is 84.1 Å². The summed E-state index contributed by atoms with van der Waals surface area (Å²) in [5, 5.41) is 0. The molecule has 0 saturated heterocycles. The van der Waals surface area contributed by atoms with Crippen LogP contribution in [0.2, 0.25) is 0 Å².